The minimum absolute atomic E-state index is 0.0500. The van der Waals surface area contributed by atoms with Crippen molar-refractivity contribution in [2.45, 2.75) is 12.6 Å². The Balaban J connectivity index is 2.18. The zero-order valence-corrected chi connectivity index (χ0v) is 11.8. The van der Waals surface area contributed by atoms with Gasteiger partial charge in [0.25, 0.3) is 0 Å². The van der Waals surface area contributed by atoms with Gasteiger partial charge in [0.2, 0.25) is 0 Å². The van der Waals surface area contributed by atoms with Gasteiger partial charge in [0.15, 0.2) is 5.78 Å². The van der Waals surface area contributed by atoms with Crippen molar-refractivity contribution in [3.05, 3.63) is 69.7 Å². The van der Waals surface area contributed by atoms with Crippen molar-refractivity contribution in [1.82, 2.24) is 0 Å². The van der Waals surface area contributed by atoms with Crippen molar-refractivity contribution in [1.29, 1.82) is 0 Å². The Morgan fingerprint density at radius 3 is 2.30 bits per heavy atom. The van der Waals surface area contributed by atoms with Gasteiger partial charge in [-0.05, 0) is 23.8 Å². The molecule has 0 saturated heterocycles. The molecule has 0 radical (unpaired) electrons. The number of ketones is 1. The first-order valence-corrected chi connectivity index (χ1v) is 6.60. The quantitative estimate of drug-likeness (QED) is 0.725. The number of benzene rings is 2. The van der Waals surface area contributed by atoms with Crippen molar-refractivity contribution in [2.24, 2.45) is 0 Å². The Kier molecular flexibility index (Phi) is 4.28. The number of Topliss-reactive ketones (excluding diaryl/α,β-unsaturated/α-hetero) is 1. The van der Waals surface area contributed by atoms with E-state index in [2.05, 4.69) is 15.9 Å². The molecule has 0 aliphatic rings. The Bertz CT molecular complexity index is 618. The summed E-state index contributed by atoms with van der Waals surface area (Å²) in [5.41, 5.74) is 0.0944. The SMILES string of the molecule is O=C(Cc1cccc(C(F)(F)F)c1)c1ccc(Br)cc1. The fourth-order valence-electron chi connectivity index (χ4n) is 1.78. The molecule has 1 nitrogen and oxygen atoms in total. The topological polar surface area (TPSA) is 17.1 Å². The van der Waals surface area contributed by atoms with Crippen molar-refractivity contribution in [2.75, 3.05) is 0 Å². The number of hydrogen-bond acceptors (Lipinski definition) is 1. The minimum Gasteiger partial charge on any atom is -0.294 e. The molecule has 0 spiro atoms. The molecule has 0 heterocycles. The van der Waals surface area contributed by atoms with Gasteiger partial charge in [0.05, 0.1) is 5.56 Å². The van der Waals surface area contributed by atoms with Crippen LogP contribution in [0.4, 0.5) is 13.2 Å². The number of alkyl halides is 3. The van der Waals surface area contributed by atoms with Gasteiger partial charge in [-0.3, -0.25) is 4.79 Å². The molecule has 2 aromatic rings. The first kappa shape index (κ1) is 14.8. The van der Waals surface area contributed by atoms with E-state index in [1.54, 1.807) is 24.3 Å². The van der Waals surface area contributed by atoms with E-state index in [-0.39, 0.29) is 12.2 Å². The largest absolute Gasteiger partial charge is 0.416 e. The molecule has 2 rings (SSSR count). The Hall–Kier alpha value is -1.62. The molecule has 0 aliphatic carbocycles. The number of rotatable bonds is 3. The summed E-state index contributed by atoms with van der Waals surface area (Å²) in [4.78, 5) is 12.0. The highest BCUT2D eigenvalue weighted by Crippen LogP contribution is 2.29. The number of carbonyl (C=O) groups excluding carboxylic acids is 1. The maximum Gasteiger partial charge on any atom is 0.416 e. The Morgan fingerprint density at radius 2 is 1.70 bits per heavy atom. The molecule has 20 heavy (non-hydrogen) atoms. The molecule has 0 amide bonds. The minimum atomic E-state index is -4.39. The second kappa shape index (κ2) is 5.79. The normalized spacial score (nSPS) is 11.4. The van der Waals surface area contributed by atoms with Gasteiger partial charge in [0.1, 0.15) is 0 Å². The number of hydrogen-bond donors (Lipinski definition) is 0. The molecule has 0 aliphatic heterocycles. The van der Waals surface area contributed by atoms with Crippen LogP contribution in [-0.4, -0.2) is 5.78 Å². The highest BCUT2D eigenvalue weighted by molar-refractivity contribution is 9.10. The van der Waals surface area contributed by atoms with Crippen LogP contribution in [0.3, 0.4) is 0 Å². The summed E-state index contributed by atoms with van der Waals surface area (Å²) in [6, 6.07) is 11.6. The average molecular weight is 343 g/mol. The van der Waals surface area contributed by atoms with Crippen LogP contribution in [0, 0.1) is 0 Å². The van der Waals surface area contributed by atoms with E-state index in [9.17, 15) is 18.0 Å². The van der Waals surface area contributed by atoms with Gasteiger partial charge >= 0.3 is 6.18 Å². The highest BCUT2D eigenvalue weighted by atomic mass is 79.9. The standard InChI is InChI=1S/C15H10BrF3O/c16-13-6-4-11(5-7-13)14(20)9-10-2-1-3-12(8-10)15(17,18)19/h1-8H,9H2. The molecule has 0 N–H and O–H groups in total. The molecule has 0 aromatic heterocycles. The van der Waals surface area contributed by atoms with Gasteiger partial charge in [0, 0.05) is 16.5 Å². The van der Waals surface area contributed by atoms with E-state index in [1.165, 1.54) is 12.1 Å². The lowest BCUT2D eigenvalue weighted by atomic mass is 10.0. The maximum atomic E-state index is 12.6. The summed E-state index contributed by atoms with van der Waals surface area (Å²) in [6.07, 6.45) is -4.44. The predicted molar refractivity (Wildman–Crippen MR) is 73.6 cm³/mol. The second-order valence-corrected chi connectivity index (χ2v) is 5.22. The molecule has 2 aromatic carbocycles. The Labute approximate surface area is 122 Å². The van der Waals surface area contributed by atoms with Crippen LogP contribution in [0.25, 0.3) is 0 Å². The molecular weight excluding hydrogens is 333 g/mol. The molecule has 0 fully saturated rings. The monoisotopic (exact) mass is 342 g/mol. The van der Waals surface area contributed by atoms with Crippen molar-refractivity contribution < 1.29 is 18.0 Å². The third-order valence-electron chi connectivity index (χ3n) is 2.79. The van der Waals surface area contributed by atoms with Crippen LogP contribution >= 0.6 is 15.9 Å². The lowest BCUT2D eigenvalue weighted by molar-refractivity contribution is -0.137. The van der Waals surface area contributed by atoms with Crippen LogP contribution in [0.2, 0.25) is 0 Å². The van der Waals surface area contributed by atoms with E-state index in [4.69, 9.17) is 0 Å². The highest BCUT2D eigenvalue weighted by Gasteiger charge is 2.30. The van der Waals surface area contributed by atoms with Crippen molar-refractivity contribution in [3.63, 3.8) is 0 Å². The summed E-state index contributed by atoms with van der Waals surface area (Å²) in [5, 5.41) is 0. The van der Waals surface area contributed by atoms with Crippen LogP contribution in [0.15, 0.2) is 53.0 Å². The predicted octanol–water partition coefficient (Wildman–Crippen LogP) is 4.89. The van der Waals surface area contributed by atoms with Gasteiger partial charge in [-0.15, -0.1) is 0 Å². The van der Waals surface area contributed by atoms with E-state index >= 15 is 0 Å². The van der Waals surface area contributed by atoms with Gasteiger partial charge in [-0.1, -0.05) is 46.3 Å². The molecule has 0 bridgehead atoms. The van der Waals surface area contributed by atoms with Crippen molar-refractivity contribution >= 4 is 21.7 Å². The van der Waals surface area contributed by atoms with E-state index < -0.39 is 11.7 Å². The lowest BCUT2D eigenvalue weighted by Gasteiger charge is -2.08. The third kappa shape index (κ3) is 3.70. The smallest absolute Gasteiger partial charge is 0.294 e. The molecule has 5 heteroatoms. The molecule has 104 valence electrons. The van der Waals surface area contributed by atoms with E-state index in [0.29, 0.717) is 11.1 Å². The summed E-state index contributed by atoms with van der Waals surface area (Å²) in [5.74, 6) is -0.211. The number of halogens is 4. The zero-order chi connectivity index (χ0) is 14.8. The molecule has 0 unspecified atom stereocenters. The summed E-state index contributed by atoms with van der Waals surface area (Å²) in [7, 11) is 0. The van der Waals surface area contributed by atoms with Gasteiger partial charge in [-0.25, -0.2) is 0 Å². The summed E-state index contributed by atoms with van der Waals surface area (Å²) < 4.78 is 38.6. The lowest BCUT2D eigenvalue weighted by Crippen LogP contribution is -2.07. The van der Waals surface area contributed by atoms with Gasteiger partial charge in [-0.2, -0.15) is 13.2 Å². The summed E-state index contributed by atoms with van der Waals surface area (Å²) >= 11 is 3.26. The first-order valence-electron chi connectivity index (χ1n) is 5.81. The first-order chi connectivity index (χ1) is 9.36. The van der Waals surface area contributed by atoms with Crippen LogP contribution in [-0.2, 0) is 12.6 Å². The van der Waals surface area contributed by atoms with Crippen molar-refractivity contribution in [3.8, 4) is 0 Å². The van der Waals surface area contributed by atoms with Crippen LogP contribution in [0.1, 0.15) is 21.5 Å². The fraction of sp³-hybridized carbons (Fsp3) is 0.133. The number of carbonyl (C=O) groups is 1. The summed E-state index contributed by atoms with van der Waals surface area (Å²) in [6.45, 7) is 0. The Morgan fingerprint density at radius 1 is 1.05 bits per heavy atom. The fourth-order valence-corrected chi connectivity index (χ4v) is 2.05. The third-order valence-corrected chi connectivity index (χ3v) is 3.31. The van der Waals surface area contributed by atoms with Crippen LogP contribution < -0.4 is 0 Å². The molecular formula is C15H10BrF3O. The maximum absolute atomic E-state index is 12.6. The van der Waals surface area contributed by atoms with E-state index in [0.717, 1.165) is 16.6 Å². The van der Waals surface area contributed by atoms with Gasteiger partial charge < -0.3 is 0 Å². The molecule has 0 atom stereocenters. The second-order valence-electron chi connectivity index (χ2n) is 4.30. The molecule has 0 saturated carbocycles. The van der Waals surface area contributed by atoms with Crippen LogP contribution in [0.5, 0.6) is 0 Å². The average Bonchev–Trinajstić information content (AvgIpc) is 2.38. The van der Waals surface area contributed by atoms with E-state index in [1.807, 2.05) is 0 Å². The zero-order valence-electron chi connectivity index (χ0n) is 10.2.